The molecule has 3 aromatic rings. The second-order valence-electron chi connectivity index (χ2n) is 8.38. The Balaban J connectivity index is 1.91. The number of carbonyl (C=O) groups is 2. The number of benzene rings is 3. The van der Waals surface area contributed by atoms with Crippen LogP contribution in [0.25, 0.3) is 0 Å². The summed E-state index contributed by atoms with van der Waals surface area (Å²) < 4.78 is 33.3. The van der Waals surface area contributed by atoms with E-state index in [9.17, 15) is 18.4 Å². The summed E-state index contributed by atoms with van der Waals surface area (Å²) >= 11 is 0. The number of rotatable bonds is 11. The Morgan fingerprint density at radius 3 is 2.26 bits per heavy atom. The van der Waals surface area contributed by atoms with Gasteiger partial charge in [-0.25, -0.2) is 8.78 Å². The molecule has 2 atom stereocenters. The number of hydrogen-bond donors (Lipinski definition) is 1. The first kappa shape index (κ1) is 25.9. The van der Waals surface area contributed by atoms with Crippen LogP contribution in [-0.2, 0) is 22.6 Å². The molecular formula is C28H30F2N2O3. The average molecular weight is 481 g/mol. The molecule has 2 unspecified atom stereocenters. The van der Waals surface area contributed by atoms with Crippen molar-refractivity contribution in [3.05, 3.63) is 102 Å². The Bertz CT molecular complexity index is 1110. The summed E-state index contributed by atoms with van der Waals surface area (Å²) in [6.07, 6.45) is 0.971. The van der Waals surface area contributed by atoms with Gasteiger partial charge in [0.15, 0.2) is 6.61 Å². The molecule has 35 heavy (non-hydrogen) atoms. The molecule has 1 N–H and O–H groups in total. The van der Waals surface area contributed by atoms with E-state index >= 15 is 0 Å². The molecule has 184 valence electrons. The van der Waals surface area contributed by atoms with E-state index < -0.39 is 23.6 Å². The van der Waals surface area contributed by atoms with Gasteiger partial charge in [0, 0.05) is 24.6 Å². The molecule has 0 saturated heterocycles. The van der Waals surface area contributed by atoms with Crippen LogP contribution in [0.15, 0.2) is 78.9 Å². The molecule has 0 aliphatic rings. The number of ether oxygens (including phenoxy) is 1. The van der Waals surface area contributed by atoms with E-state index in [1.165, 1.54) is 35.2 Å². The monoisotopic (exact) mass is 480 g/mol. The molecule has 0 aliphatic heterocycles. The van der Waals surface area contributed by atoms with Crippen molar-refractivity contribution < 1.29 is 23.1 Å². The minimum Gasteiger partial charge on any atom is -0.484 e. The van der Waals surface area contributed by atoms with Crippen LogP contribution < -0.4 is 10.1 Å². The largest absolute Gasteiger partial charge is 0.484 e. The van der Waals surface area contributed by atoms with Crippen LogP contribution in [0.4, 0.5) is 8.78 Å². The predicted octanol–water partition coefficient (Wildman–Crippen LogP) is 4.90. The molecule has 0 fully saturated rings. The zero-order chi connectivity index (χ0) is 25.2. The predicted molar refractivity (Wildman–Crippen MR) is 131 cm³/mol. The summed E-state index contributed by atoms with van der Waals surface area (Å²) in [5.41, 5.74) is 1.15. The van der Waals surface area contributed by atoms with Crippen LogP contribution in [0.1, 0.15) is 31.4 Å². The van der Waals surface area contributed by atoms with Gasteiger partial charge in [0.2, 0.25) is 5.91 Å². The van der Waals surface area contributed by atoms with E-state index in [0.29, 0.717) is 5.75 Å². The minimum absolute atomic E-state index is 0.0957. The molecule has 3 aromatic carbocycles. The molecule has 0 aromatic heterocycles. The third-order valence-corrected chi connectivity index (χ3v) is 5.75. The fourth-order valence-electron chi connectivity index (χ4n) is 3.56. The molecule has 0 radical (unpaired) electrons. The maximum atomic E-state index is 14.6. The van der Waals surface area contributed by atoms with E-state index in [-0.39, 0.29) is 37.1 Å². The number of nitrogens with zero attached hydrogens (tertiary/aromatic N) is 1. The second-order valence-corrected chi connectivity index (χ2v) is 8.38. The fraction of sp³-hybridized carbons (Fsp3) is 0.286. The highest BCUT2D eigenvalue weighted by Gasteiger charge is 2.31. The van der Waals surface area contributed by atoms with E-state index in [4.69, 9.17) is 4.74 Å². The highest BCUT2D eigenvalue weighted by Crippen LogP contribution is 2.18. The van der Waals surface area contributed by atoms with Gasteiger partial charge < -0.3 is 15.0 Å². The zero-order valence-corrected chi connectivity index (χ0v) is 19.9. The number of halogens is 2. The highest BCUT2D eigenvalue weighted by atomic mass is 19.1. The number of carbonyl (C=O) groups excluding carboxylic acids is 2. The Hall–Kier alpha value is -3.74. The van der Waals surface area contributed by atoms with Gasteiger partial charge in [-0.3, -0.25) is 9.59 Å². The van der Waals surface area contributed by atoms with Crippen molar-refractivity contribution in [3.63, 3.8) is 0 Å². The Morgan fingerprint density at radius 2 is 1.60 bits per heavy atom. The van der Waals surface area contributed by atoms with E-state index in [0.717, 1.165) is 12.0 Å². The van der Waals surface area contributed by atoms with Gasteiger partial charge in [-0.1, -0.05) is 55.5 Å². The molecule has 0 saturated carbocycles. The maximum absolute atomic E-state index is 14.6. The van der Waals surface area contributed by atoms with Crippen LogP contribution in [0.3, 0.4) is 0 Å². The molecule has 0 aliphatic carbocycles. The SMILES string of the molecule is CCC(C)NC(=O)C(Cc1ccccc1)N(Cc1ccccc1F)C(=O)COc1ccc(F)cc1. The van der Waals surface area contributed by atoms with Gasteiger partial charge in [0.25, 0.3) is 5.91 Å². The normalized spacial score (nSPS) is 12.5. The van der Waals surface area contributed by atoms with Gasteiger partial charge in [-0.15, -0.1) is 0 Å². The van der Waals surface area contributed by atoms with Gasteiger partial charge in [0.05, 0.1) is 0 Å². The lowest BCUT2D eigenvalue weighted by Crippen LogP contribution is -2.53. The Kier molecular flexibility index (Phi) is 9.35. The molecule has 0 heterocycles. The van der Waals surface area contributed by atoms with Gasteiger partial charge in [-0.2, -0.15) is 0 Å². The molecule has 0 spiro atoms. The zero-order valence-electron chi connectivity index (χ0n) is 19.9. The smallest absolute Gasteiger partial charge is 0.261 e. The summed E-state index contributed by atoms with van der Waals surface area (Å²) in [4.78, 5) is 28.1. The summed E-state index contributed by atoms with van der Waals surface area (Å²) in [7, 11) is 0. The van der Waals surface area contributed by atoms with Crippen LogP contribution in [0, 0.1) is 11.6 Å². The van der Waals surface area contributed by atoms with Crippen molar-refractivity contribution in [2.75, 3.05) is 6.61 Å². The first-order valence-electron chi connectivity index (χ1n) is 11.6. The Morgan fingerprint density at radius 1 is 0.943 bits per heavy atom. The lowest BCUT2D eigenvalue weighted by Gasteiger charge is -2.32. The number of hydrogen-bond acceptors (Lipinski definition) is 3. The summed E-state index contributed by atoms with van der Waals surface area (Å²) in [6, 6.07) is 19.8. The molecule has 5 nitrogen and oxygen atoms in total. The second kappa shape index (κ2) is 12.6. The van der Waals surface area contributed by atoms with Gasteiger partial charge >= 0.3 is 0 Å². The molecule has 0 bridgehead atoms. The summed E-state index contributed by atoms with van der Waals surface area (Å²) in [5.74, 6) is -1.39. The average Bonchev–Trinajstić information content (AvgIpc) is 2.87. The minimum atomic E-state index is -0.893. The van der Waals surface area contributed by atoms with E-state index in [1.54, 1.807) is 18.2 Å². The van der Waals surface area contributed by atoms with E-state index in [2.05, 4.69) is 5.32 Å². The van der Waals surface area contributed by atoms with Crippen molar-refractivity contribution in [2.45, 2.75) is 45.3 Å². The number of nitrogens with one attached hydrogen (secondary N) is 1. The van der Waals surface area contributed by atoms with Gasteiger partial charge in [-0.05, 0) is 49.2 Å². The van der Waals surface area contributed by atoms with Crippen molar-refractivity contribution in [1.82, 2.24) is 10.2 Å². The molecule has 3 rings (SSSR count). The van der Waals surface area contributed by atoms with Crippen LogP contribution >= 0.6 is 0 Å². The van der Waals surface area contributed by atoms with Crippen LogP contribution in [0.5, 0.6) is 5.75 Å². The van der Waals surface area contributed by atoms with Crippen molar-refractivity contribution in [1.29, 1.82) is 0 Å². The standard InChI is InChI=1S/C28H30F2N2O3/c1-3-20(2)31-28(34)26(17-21-9-5-4-6-10-21)32(18-22-11-7-8-12-25(22)30)27(33)19-35-24-15-13-23(29)14-16-24/h4-16,20,26H,3,17-19H2,1-2H3,(H,31,34). The third-order valence-electron chi connectivity index (χ3n) is 5.75. The molecular weight excluding hydrogens is 450 g/mol. The van der Waals surface area contributed by atoms with Gasteiger partial charge in [0.1, 0.15) is 23.4 Å². The first-order chi connectivity index (χ1) is 16.9. The van der Waals surface area contributed by atoms with Crippen molar-refractivity contribution in [2.24, 2.45) is 0 Å². The highest BCUT2D eigenvalue weighted by molar-refractivity contribution is 5.88. The topological polar surface area (TPSA) is 58.6 Å². The number of amides is 2. The fourth-order valence-corrected chi connectivity index (χ4v) is 3.56. The van der Waals surface area contributed by atoms with Crippen LogP contribution in [-0.4, -0.2) is 35.4 Å². The van der Waals surface area contributed by atoms with Crippen molar-refractivity contribution in [3.8, 4) is 5.75 Å². The first-order valence-corrected chi connectivity index (χ1v) is 11.6. The summed E-state index contributed by atoms with van der Waals surface area (Å²) in [6.45, 7) is 3.35. The quantitative estimate of drug-likeness (QED) is 0.425. The Labute approximate surface area is 204 Å². The maximum Gasteiger partial charge on any atom is 0.261 e. The third kappa shape index (κ3) is 7.64. The lowest BCUT2D eigenvalue weighted by atomic mass is 10.0. The van der Waals surface area contributed by atoms with Crippen LogP contribution in [0.2, 0.25) is 0 Å². The lowest BCUT2D eigenvalue weighted by molar-refractivity contribution is -0.143. The molecule has 2 amide bonds. The van der Waals surface area contributed by atoms with Crippen molar-refractivity contribution >= 4 is 11.8 Å². The van der Waals surface area contributed by atoms with E-state index in [1.807, 2.05) is 44.2 Å². The summed E-state index contributed by atoms with van der Waals surface area (Å²) in [5, 5.41) is 2.96. The molecule has 7 heteroatoms.